The molecule has 3 aromatic carbocycles. The zero-order valence-corrected chi connectivity index (χ0v) is 26.3. The van der Waals surface area contributed by atoms with Gasteiger partial charge in [-0.25, -0.2) is 9.88 Å². The number of hydrogen-bond acceptors (Lipinski definition) is 9. The minimum absolute atomic E-state index is 0.0596. The molecule has 1 N–H and O–H groups in total. The molecule has 1 unspecified atom stereocenters. The van der Waals surface area contributed by atoms with Gasteiger partial charge in [-0.05, 0) is 54.1 Å². The van der Waals surface area contributed by atoms with Gasteiger partial charge in [0.05, 0.1) is 31.5 Å². The summed E-state index contributed by atoms with van der Waals surface area (Å²) in [4.78, 5) is 37.1. The highest BCUT2D eigenvalue weighted by molar-refractivity contribution is 6.24. The van der Waals surface area contributed by atoms with Crippen LogP contribution < -0.4 is 19.9 Å². The predicted octanol–water partition coefficient (Wildman–Crippen LogP) is 5.64. The minimum Gasteiger partial charge on any atom is -0.497 e. The summed E-state index contributed by atoms with van der Waals surface area (Å²) < 4.78 is 16.6. The van der Waals surface area contributed by atoms with E-state index in [0.717, 1.165) is 29.2 Å². The highest BCUT2D eigenvalue weighted by Gasteiger charge is 2.44. The Hall–Kier alpha value is -5.50. The van der Waals surface area contributed by atoms with Crippen molar-refractivity contribution in [2.24, 2.45) is 0 Å². The van der Waals surface area contributed by atoms with Crippen LogP contribution in [-0.4, -0.2) is 62.9 Å². The van der Waals surface area contributed by atoms with Gasteiger partial charge in [-0.15, -0.1) is 0 Å². The number of carbonyl (C=O) groups is 2. The predicted molar refractivity (Wildman–Crippen MR) is 181 cm³/mol. The van der Waals surface area contributed by atoms with Gasteiger partial charge in [0.25, 0.3) is 11.8 Å². The van der Waals surface area contributed by atoms with Crippen molar-refractivity contribution in [3.8, 4) is 11.8 Å². The third-order valence-corrected chi connectivity index (χ3v) is 8.46. The number of ether oxygens (including phenoxy) is 3. The van der Waals surface area contributed by atoms with E-state index in [-0.39, 0.29) is 23.4 Å². The second kappa shape index (κ2) is 13.9. The van der Waals surface area contributed by atoms with Crippen LogP contribution in [0.25, 0.3) is 10.9 Å². The number of fused-ring (bicyclic) bond motifs is 1. The first-order chi connectivity index (χ1) is 23.0. The topological polar surface area (TPSA) is 117 Å². The van der Waals surface area contributed by atoms with Crippen LogP contribution in [0.5, 0.6) is 5.75 Å². The molecule has 1 aromatic heterocycles. The monoisotopic (exact) mass is 629 g/mol. The van der Waals surface area contributed by atoms with Gasteiger partial charge >= 0.3 is 0 Å². The maximum absolute atomic E-state index is 14.6. The summed E-state index contributed by atoms with van der Waals surface area (Å²) in [6.07, 6.45) is 7.14. The van der Waals surface area contributed by atoms with Crippen LogP contribution in [0.4, 0.5) is 17.2 Å². The maximum Gasteiger partial charge on any atom is 0.271 e. The van der Waals surface area contributed by atoms with E-state index in [1.54, 1.807) is 42.5 Å². The average Bonchev–Trinajstić information content (AvgIpc) is 3.14. The van der Waals surface area contributed by atoms with Crippen molar-refractivity contribution < 1.29 is 23.8 Å². The number of amides is 2. The number of hydrogen-bond donors (Lipinski definition) is 1. The van der Waals surface area contributed by atoms with Crippen molar-refractivity contribution in [3.05, 3.63) is 114 Å². The van der Waals surface area contributed by atoms with Gasteiger partial charge in [0.15, 0.2) is 11.4 Å². The molecule has 2 amide bonds. The van der Waals surface area contributed by atoms with Crippen molar-refractivity contribution in [2.75, 3.05) is 55.6 Å². The lowest BCUT2D eigenvalue weighted by Crippen LogP contribution is -2.52. The third-order valence-electron chi connectivity index (χ3n) is 8.46. The van der Waals surface area contributed by atoms with Crippen molar-refractivity contribution in [1.29, 1.82) is 5.26 Å². The van der Waals surface area contributed by atoms with Gasteiger partial charge in [0.2, 0.25) is 0 Å². The van der Waals surface area contributed by atoms with Gasteiger partial charge in [0.1, 0.15) is 17.4 Å². The van der Waals surface area contributed by atoms with Crippen LogP contribution in [0.1, 0.15) is 27.9 Å². The van der Waals surface area contributed by atoms with E-state index in [4.69, 9.17) is 19.2 Å². The number of methoxy groups -OCH3 is 2. The second-order valence-electron chi connectivity index (χ2n) is 11.2. The quantitative estimate of drug-likeness (QED) is 0.235. The molecule has 1 saturated heterocycles. The number of pyridine rings is 1. The Morgan fingerprint density at radius 1 is 1.04 bits per heavy atom. The molecule has 1 fully saturated rings. The minimum atomic E-state index is -1.49. The van der Waals surface area contributed by atoms with Gasteiger partial charge in [-0.3, -0.25) is 9.59 Å². The highest BCUT2D eigenvalue weighted by Crippen LogP contribution is 2.38. The van der Waals surface area contributed by atoms with E-state index in [2.05, 4.69) is 16.3 Å². The fourth-order valence-corrected chi connectivity index (χ4v) is 5.83. The Morgan fingerprint density at radius 3 is 2.47 bits per heavy atom. The summed E-state index contributed by atoms with van der Waals surface area (Å²) in [6, 6.07) is 24.3. The SMILES string of the molecule is COc1ccc(C(=O)N(C(=O)C2(OC)C=CC=CC2)c2nc3ccc(N4CCOCC4)cc3c(NCc3ccccc3)c2C#N)cc1. The van der Waals surface area contributed by atoms with E-state index in [0.29, 0.717) is 42.1 Å². The Morgan fingerprint density at radius 2 is 1.81 bits per heavy atom. The van der Waals surface area contributed by atoms with Crippen molar-refractivity contribution >= 4 is 39.9 Å². The largest absolute Gasteiger partial charge is 0.497 e. The van der Waals surface area contributed by atoms with Crippen LogP contribution in [0.3, 0.4) is 0 Å². The van der Waals surface area contributed by atoms with Gasteiger partial charge < -0.3 is 24.4 Å². The normalized spacial score (nSPS) is 17.3. The standard InChI is InChI=1S/C37H35N5O5/c1-45-29-14-11-27(12-15-29)35(43)42(36(44)37(46-2)17-7-4-8-18-37)34-31(24-38)33(39-25-26-9-5-3-6-10-26)30-23-28(13-16-32(30)40-34)41-19-21-47-22-20-41/h3-17,23H,18-22,25H2,1-2H3,(H,39,40). The third kappa shape index (κ3) is 6.31. The lowest BCUT2D eigenvalue weighted by atomic mass is 9.92. The molecule has 2 aliphatic rings. The Labute approximate surface area is 273 Å². The fourth-order valence-electron chi connectivity index (χ4n) is 5.83. The van der Waals surface area contributed by atoms with E-state index in [1.165, 1.54) is 14.2 Å². The molecule has 1 aliphatic heterocycles. The molecule has 4 aromatic rings. The number of aromatic nitrogens is 1. The van der Waals surface area contributed by atoms with Crippen LogP contribution >= 0.6 is 0 Å². The summed E-state index contributed by atoms with van der Waals surface area (Å²) in [5.74, 6) is -0.846. The zero-order valence-electron chi connectivity index (χ0n) is 26.3. The summed E-state index contributed by atoms with van der Waals surface area (Å²) in [6.45, 7) is 3.09. The number of anilines is 3. The number of carbonyl (C=O) groups excluding carboxylic acids is 2. The molecule has 10 nitrogen and oxygen atoms in total. The molecule has 0 spiro atoms. The van der Waals surface area contributed by atoms with Crippen LogP contribution in [0, 0.1) is 11.3 Å². The van der Waals surface area contributed by atoms with E-state index in [1.807, 2.05) is 54.6 Å². The molecule has 238 valence electrons. The molecule has 2 heterocycles. The number of allylic oxidation sites excluding steroid dienone is 2. The number of rotatable bonds is 9. The molecular weight excluding hydrogens is 594 g/mol. The summed E-state index contributed by atoms with van der Waals surface area (Å²) in [7, 11) is 2.96. The molecule has 1 aliphatic carbocycles. The van der Waals surface area contributed by atoms with E-state index >= 15 is 0 Å². The van der Waals surface area contributed by atoms with Crippen molar-refractivity contribution in [2.45, 2.75) is 18.6 Å². The molecule has 0 radical (unpaired) electrons. The molecule has 0 saturated carbocycles. The first-order valence-corrected chi connectivity index (χ1v) is 15.4. The number of benzene rings is 3. The Kier molecular flexibility index (Phi) is 9.29. The number of nitriles is 1. The smallest absolute Gasteiger partial charge is 0.271 e. The Bertz CT molecular complexity index is 1880. The van der Waals surface area contributed by atoms with Gasteiger partial charge in [-0.2, -0.15) is 5.26 Å². The zero-order chi connectivity index (χ0) is 32.8. The highest BCUT2D eigenvalue weighted by atomic mass is 16.5. The van der Waals surface area contributed by atoms with E-state index in [9.17, 15) is 14.9 Å². The molecule has 10 heteroatoms. The van der Waals surface area contributed by atoms with Gasteiger partial charge in [0, 0.05) is 49.8 Å². The average molecular weight is 630 g/mol. The number of nitrogens with one attached hydrogen (secondary N) is 1. The molecule has 0 bridgehead atoms. The summed E-state index contributed by atoms with van der Waals surface area (Å²) in [5.41, 5.74) is 1.72. The van der Waals surface area contributed by atoms with Crippen LogP contribution in [0.15, 0.2) is 97.1 Å². The van der Waals surface area contributed by atoms with Crippen LogP contribution in [0.2, 0.25) is 0 Å². The first kappa shape index (κ1) is 31.5. The lowest BCUT2D eigenvalue weighted by Gasteiger charge is -2.34. The summed E-state index contributed by atoms with van der Waals surface area (Å²) >= 11 is 0. The Balaban J connectivity index is 1.55. The van der Waals surface area contributed by atoms with Gasteiger partial charge in [-0.1, -0.05) is 48.6 Å². The fraction of sp³-hybridized carbons (Fsp3) is 0.243. The number of imide groups is 1. The molecule has 6 rings (SSSR count). The summed E-state index contributed by atoms with van der Waals surface area (Å²) in [5, 5.41) is 14.9. The molecular formula is C37H35N5O5. The second-order valence-corrected chi connectivity index (χ2v) is 11.2. The molecule has 47 heavy (non-hydrogen) atoms. The number of morpholine rings is 1. The van der Waals surface area contributed by atoms with Crippen molar-refractivity contribution in [3.63, 3.8) is 0 Å². The number of nitrogens with zero attached hydrogens (tertiary/aromatic N) is 4. The molecule has 1 atom stereocenters. The van der Waals surface area contributed by atoms with E-state index < -0.39 is 17.4 Å². The van der Waals surface area contributed by atoms with Crippen molar-refractivity contribution in [1.82, 2.24) is 4.98 Å². The van der Waals surface area contributed by atoms with Crippen LogP contribution in [-0.2, 0) is 20.8 Å². The maximum atomic E-state index is 14.6. The first-order valence-electron chi connectivity index (χ1n) is 15.4. The lowest BCUT2D eigenvalue weighted by molar-refractivity contribution is -0.134.